The van der Waals surface area contributed by atoms with Crippen molar-refractivity contribution in [2.24, 2.45) is 5.92 Å². The molecule has 1 heterocycles. The number of carbonyl (C=O) groups is 4. The fraction of sp³-hybridized carbons (Fsp3) is 0.483. The third-order valence-corrected chi connectivity index (χ3v) is 7.30. The zero-order valence-electron chi connectivity index (χ0n) is 22.8. The molecule has 208 valence electrons. The summed E-state index contributed by atoms with van der Waals surface area (Å²) in [6.45, 7) is 2.44. The average Bonchev–Trinajstić information content (AvgIpc) is 3.46. The van der Waals surface area contributed by atoms with Gasteiger partial charge in [-0.3, -0.25) is 9.59 Å². The van der Waals surface area contributed by atoms with Gasteiger partial charge in [0.05, 0.1) is 14.2 Å². The highest BCUT2D eigenvalue weighted by Gasteiger charge is 2.49. The molecule has 1 unspecified atom stereocenters. The van der Waals surface area contributed by atoms with Crippen LogP contribution in [0.2, 0.25) is 0 Å². The minimum absolute atomic E-state index is 0.00305. The van der Waals surface area contributed by atoms with E-state index in [0.717, 1.165) is 43.4 Å². The zero-order valence-corrected chi connectivity index (χ0v) is 22.8. The molecule has 10 heteroatoms. The molecule has 0 aromatic heterocycles. The SMILES string of the molecule is CCCCNC(=O)c1ccc(CN2C(=O)C3C=C(OC)C(OC)=CC3=[N+](CC(=O)NC3CCCC3)C2=O)cc1. The van der Waals surface area contributed by atoms with Gasteiger partial charge in [0.15, 0.2) is 18.1 Å². The maximum atomic E-state index is 13.7. The number of carbonyl (C=O) groups excluding carboxylic acids is 4. The van der Waals surface area contributed by atoms with Crippen LogP contribution in [0.5, 0.6) is 0 Å². The lowest BCUT2D eigenvalue weighted by molar-refractivity contribution is -0.429. The number of ether oxygens (including phenoxy) is 2. The van der Waals surface area contributed by atoms with E-state index < -0.39 is 17.9 Å². The van der Waals surface area contributed by atoms with Crippen molar-refractivity contribution >= 4 is 29.5 Å². The molecule has 1 aromatic rings. The summed E-state index contributed by atoms with van der Waals surface area (Å²) in [6, 6.07) is 6.33. The molecule has 1 aromatic carbocycles. The molecule has 1 fully saturated rings. The van der Waals surface area contributed by atoms with E-state index in [1.165, 1.54) is 18.8 Å². The highest BCUT2D eigenvalue weighted by atomic mass is 16.5. The van der Waals surface area contributed by atoms with Gasteiger partial charge in [0.25, 0.3) is 11.8 Å². The molecule has 5 amide bonds. The monoisotopic (exact) mass is 537 g/mol. The van der Waals surface area contributed by atoms with Gasteiger partial charge in [0.1, 0.15) is 18.2 Å². The third-order valence-electron chi connectivity index (χ3n) is 7.30. The maximum Gasteiger partial charge on any atom is 0.501 e. The molecule has 10 nitrogen and oxygen atoms in total. The van der Waals surface area contributed by atoms with E-state index in [4.69, 9.17) is 9.47 Å². The van der Waals surface area contributed by atoms with Gasteiger partial charge in [-0.05, 0) is 43.0 Å². The van der Waals surface area contributed by atoms with Crippen LogP contribution in [0.4, 0.5) is 4.79 Å². The first kappa shape index (κ1) is 28.1. The molecule has 39 heavy (non-hydrogen) atoms. The number of nitrogens with zero attached hydrogens (tertiary/aromatic N) is 2. The number of allylic oxidation sites excluding steroid dienone is 1. The standard InChI is InChI=1S/C29H36N4O6/c1-4-5-14-30-27(35)20-12-10-19(11-13-20)17-33-28(36)22-15-24(38-2)25(39-3)16-23(22)32(29(33)37)18-26(34)31-21-8-6-7-9-21/h10-13,15-16,21-22H,4-9,14,17-18H2,1-3H3,(H-,30,31,34,35)/p+1. The Labute approximate surface area is 228 Å². The third kappa shape index (κ3) is 6.38. The van der Waals surface area contributed by atoms with Crippen molar-refractivity contribution < 1.29 is 33.2 Å². The van der Waals surface area contributed by atoms with E-state index in [1.807, 2.05) is 0 Å². The number of hydrogen-bond donors (Lipinski definition) is 2. The lowest BCUT2D eigenvalue weighted by Crippen LogP contribution is -2.56. The van der Waals surface area contributed by atoms with Gasteiger partial charge in [0, 0.05) is 24.2 Å². The fourth-order valence-corrected chi connectivity index (χ4v) is 5.12. The largest absolute Gasteiger partial charge is 0.501 e. The number of fused-ring (bicyclic) bond motifs is 1. The number of unbranched alkanes of at least 4 members (excludes halogenated alkanes) is 1. The second-order valence-electron chi connectivity index (χ2n) is 10.00. The van der Waals surface area contributed by atoms with E-state index in [-0.39, 0.29) is 30.9 Å². The Bertz CT molecular complexity index is 1210. The fourth-order valence-electron chi connectivity index (χ4n) is 5.12. The van der Waals surface area contributed by atoms with Gasteiger partial charge in [-0.1, -0.05) is 38.3 Å². The Kier molecular flexibility index (Phi) is 9.16. The molecular weight excluding hydrogens is 500 g/mol. The van der Waals surface area contributed by atoms with Gasteiger partial charge in [0.2, 0.25) is 0 Å². The molecule has 0 saturated heterocycles. The Balaban J connectivity index is 1.59. The maximum absolute atomic E-state index is 13.7. The van der Waals surface area contributed by atoms with E-state index in [9.17, 15) is 19.2 Å². The zero-order chi connectivity index (χ0) is 27.9. The number of imide groups is 1. The molecule has 1 saturated carbocycles. The minimum atomic E-state index is -0.820. The van der Waals surface area contributed by atoms with Crippen LogP contribution in [0.15, 0.2) is 47.9 Å². The Morgan fingerprint density at radius 2 is 1.74 bits per heavy atom. The number of nitrogens with one attached hydrogen (secondary N) is 2. The summed E-state index contributed by atoms with van der Waals surface area (Å²) in [5.74, 6) is -0.944. The van der Waals surface area contributed by atoms with E-state index in [2.05, 4.69) is 17.6 Å². The van der Waals surface area contributed by atoms with Crippen molar-refractivity contribution in [2.75, 3.05) is 27.3 Å². The highest BCUT2D eigenvalue weighted by Crippen LogP contribution is 2.28. The number of benzene rings is 1. The first-order chi connectivity index (χ1) is 18.9. The second kappa shape index (κ2) is 12.7. The molecule has 1 atom stereocenters. The summed E-state index contributed by atoms with van der Waals surface area (Å²) < 4.78 is 12.2. The van der Waals surface area contributed by atoms with Crippen molar-refractivity contribution in [3.05, 3.63) is 59.1 Å². The van der Waals surface area contributed by atoms with Crippen LogP contribution in [0, 0.1) is 5.92 Å². The van der Waals surface area contributed by atoms with Crippen molar-refractivity contribution in [2.45, 2.75) is 58.0 Å². The topological polar surface area (TPSA) is 117 Å². The van der Waals surface area contributed by atoms with E-state index >= 15 is 0 Å². The summed E-state index contributed by atoms with van der Waals surface area (Å²) >= 11 is 0. The van der Waals surface area contributed by atoms with Crippen molar-refractivity contribution in [3.63, 3.8) is 0 Å². The number of amides is 5. The van der Waals surface area contributed by atoms with Gasteiger partial charge >= 0.3 is 11.9 Å². The van der Waals surface area contributed by atoms with Crippen LogP contribution < -0.4 is 10.6 Å². The van der Waals surface area contributed by atoms with Crippen LogP contribution in [0.25, 0.3) is 0 Å². The summed E-state index contributed by atoms with van der Waals surface area (Å²) in [4.78, 5) is 53.7. The quantitative estimate of drug-likeness (QED) is 0.331. The molecule has 0 spiro atoms. The first-order valence-corrected chi connectivity index (χ1v) is 13.5. The average molecular weight is 538 g/mol. The van der Waals surface area contributed by atoms with Crippen molar-refractivity contribution in [1.29, 1.82) is 0 Å². The van der Waals surface area contributed by atoms with Gasteiger partial charge in [-0.15, -0.1) is 0 Å². The molecule has 0 radical (unpaired) electrons. The molecule has 3 aliphatic rings. The number of methoxy groups -OCH3 is 2. The number of rotatable bonds is 11. The predicted octanol–water partition coefficient (Wildman–Crippen LogP) is 2.88. The molecule has 0 bridgehead atoms. The smallest absolute Gasteiger partial charge is 0.493 e. The van der Waals surface area contributed by atoms with Gasteiger partial charge in [-0.25, -0.2) is 4.79 Å². The first-order valence-electron chi connectivity index (χ1n) is 13.5. The normalized spacial score (nSPS) is 19.4. The number of hydrogen-bond acceptors (Lipinski definition) is 6. The summed E-state index contributed by atoms with van der Waals surface area (Å²) in [5, 5.41) is 5.89. The lowest BCUT2D eigenvalue weighted by atomic mass is 9.92. The van der Waals surface area contributed by atoms with Crippen LogP contribution in [0.1, 0.15) is 61.4 Å². The van der Waals surface area contributed by atoms with Crippen LogP contribution >= 0.6 is 0 Å². The molecule has 2 aliphatic carbocycles. The Morgan fingerprint density at radius 3 is 2.38 bits per heavy atom. The second-order valence-corrected chi connectivity index (χ2v) is 10.00. The van der Waals surface area contributed by atoms with Gasteiger partial charge in [-0.2, -0.15) is 14.3 Å². The lowest BCUT2D eigenvalue weighted by Gasteiger charge is -2.28. The van der Waals surface area contributed by atoms with Crippen molar-refractivity contribution in [1.82, 2.24) is 15.5 Å². The minimum Gasteiger partial charge on any atom is -0.493 e. The van der Waals surface area contributed by atoms with Gasteiger partial charge < -0.3 is 20.1 Å². The molecule has 1 aliphatic heterocycles. The van der Waals surface area contributed by atoms with E-state index in [1.54, 1.807) is 36.4 Å². The van der Waals surface area contributed by atoms with Crippen molar-refractivity contribution in [3.8, 4) is 0 Å². The number of urea groups is 1. The van der Waals surface area contributed by atoms with Crippen LogP contribution in [0.3, 0.4) is 0 Å². The Morgan fingerprint density at radius 1 is 1.05 bits per heavy atom. The summed E-state index contributed by atoms with van der Waals surface area (Å²) in [7, 11) is 2.95. The van der Waals surface area contributed by atoms with E-state index in [0.29, 0.717) is 34.9 Å². The highest BCUT2D eigenvalue weighted by molar-refractivity contribution is 6.17. The molecule has 4 rings (SSSR count). The summed E-state index contributed by atoms with van der Waals surface area (Å²) in [6.07, 6.45) is 9.07. The predicted molar refractivity (Wildman–Crippen MR) is 144 cm³/mol. The summed E-state index contributed by atoms with van der Waals surface area (Å²) in [5.41, 5.74) is 1.56. The van der Waals surface area contributed by atoms with Crippen LogP contribution in [-0.2, 0) is 25.6 Å². The molecule has 2 N–H and O–H groups in total. The van der Waals surface area contributed by atoms with Crippen LogP contribution in [-0.4, -0.2) is 72.3 Å². The molecular formula is C29H37N4O6+. The Hall–Kier alpha value is -3.95.